The van der Waals surface area contributed by atoms with Crippen molar-refractivity contribution in [3.05, 3.63) is 193 Å². The summed E-state index contributed by atoms with van der Waals surface area (Å²) in [6, 6.07) is 55.8. The largest absolute Gasteiger partial charge is 0.310 e. The fourth-order valence-corrected chi connectivity index (χ4v) is 9.35. The maximum Gasteiger partial charge on any atom is 0.0549 e. The molecule has 0 saturated heterocycles. The van der Waals surface area contributed by atoms with Crippen molar-refractivity contribution in [1.82, 2.24) is 4.57 Å². The predicted molar refractivity (Wildman–Crippen MR) is 235 cm³/mol. The number of hydrogen-bond donors (Lipinski definition) is 0. The minimum Gasteiger partial charge on any atom is -0.310 e. The Hall–Kier alpha value is -6.96. The number of aryl methyl sites for hydroxylation is 1. The van der Waals surface area contributed by atoms with Gasteiger partial charge in [-0.3, -0.25) is 0 Å². The first-order valence-electron chi connectivity index (χ1n) is 18.6. The van der Waals surface area contributed by atoms with Gasteiger partial charge in [0.25, 0.3) is 0 Å². The van der Waals surface area contributed by atoms with Gasteiger partial charge >= 0.3 is 0 Å². The van der Waals surface area contributed by atoms with Gasteiger partial charge in [-0.25, -0.2) is 0 Å². The van der Waals surface area contributed by atoms with Crippen molar-refractivity contribution in [2.24, 2.45) is 0 Å². The number of allylic oxidation sites excluding steroid dienone is 2. The quantitative estimate of drug-likeness (QED) is 0.159. The molecule has 1 heterocycles. The first-order valence-corrected chi connectivity index (χ1v) is 18.6. The van der Waals surface area contributed by atoms with Gasteiger partial charge in [0, 0.05) is 11.1 Å². The van der Waals surface area contributed by atoms with E-state index in [-0.39, 0.29) is 0 Å². The molecule has 252 valence electrons. The second-order valence-corrected chi connectivity index (χ2v) is 14.7. The van der Waals surface area contributed by atoms with Gasteiger partial charge in [0.15, 0.2) is 0 Å². The Morgan fingerprint density at radius 3 is 1.74 bits per heavy atom. The van der Waals surface area contributed by atoms with Gasteiger partial charge in [0.1, 0.15) is 0 Å². The molecule has 0 radical (unpaired) electrons. The monoisotopic (exact) mass is 685 g/mol. The smallest absolute Gasteiger partial charge is 0.0549 e. The minimum atomic E-state index is 0.984. The number of fused-ring (bicyclic) bond motifs is 1. The Morgan fingerprint density at radius 1 is 0.537 bits per heavy atom. The van der Waals surface area contributed by atoms with E-state index in [1.54, 1.807) is 0 Å². The van der Waals surface area contributed by atoms with E-state index in [0.29, 0.717) is 0 Å². The summed E-state index contributed by atoms with van der Waals surface area (Å²) in [6.07, 6.45) is 6.36. The van der Waals surface area contributed by atoms with Crippen LogP contribution >= 0.6 is 0 Å². The van der Waals surface area contributed by atoms with E-state index < -0.39 is 0 Å². The zero-order valence-corrected chi connectivity index (χ0v) is 30.0. The highest BCUT2D eigenvalue weighted by molar-refractivity contribution is 6.26. The van der Waals surface area contributed by atoms with Gasteiger partial charge in [0.2, 0.25) is 0 Å². The van der Waals surface area contributed by atoms with Crippen LogP contribution in [0, 0.1) is 6.92 Å². The maximum absolute atomic E-state index is 4.75. The fourth-order valence-electron chi connectivity index (χ4n) is 9.35. The molecule has 10 aromatic carbocycles. The van der Waals surface area contributed by atoms with E-state index in [1.807, 2.05) is 6.08 Å². The van der Waals surface area contributed by atoms with E-state index in [1.165, 1.54) is 86.7 Å². The molecule has 1 aromatic heterocycles. The summed E-state index contributed by atoms with van der Waals surface area (Å²) in [5.74, 6) is 0. The first kappa shape index (κ1) is 30.6. The standard InChI is InChI=1S/C53H35N/c1-4-10-40-30-41(44-26-22-39-20-18-35-12-9-14-37-24-28-46(44)53(39)51(35)37)31-48-49(40)33(3)47(54(48)42-15-6-5-7-16-42)29-32(2)43-25-21-38-19-17-34-11-8-13-36-23-27-45(43)52(38)50(34)36/h4-31H,1-2H2,3H3/b40-10-,47-29+. The van der Waals surface area contributed by atoms with Crippen molar-refractivity contribution in [3.8, 4) is 16.8 Å². The molecule has 1 nitrogen and oxygen atoms in total. The minimum absolute atomic E-state index is 0.984. The molecule has 0 bridgehead atoms. The van der Waals surface area contributed by atoms with Crippen molar-refractivity contribution in [1.29, 1.82) is 0 Å². The topological polar surface area (TPSA) is 4.93 Å². The molecule has 0 unspecified atom stereocenters. The lowest BCUT2D eigenvalue weighted by molar-refractivity contribution is 1.07. The van der Waals surface area contributed by atoms with Crippen molar-refractivity contribution in [2.75, 3.05) is 0 Å². The summed E-state index contributed by atoms with van der Waals surface area (Å²) >= 11 is 0. The molecule has 0 spiro atoms. The summed E-state index contributed by atoms with van der Waals surface area (Å²) in [7, 11) is 0. The molecular formula is C53H35N. The molecular weight excluding hydrogens is 651 g/mol. The molecule has 0 saturated carbocycles. The third kappa shape index (κ3) is 4.33. The first-order chi connectivity index (χ1) is 26.6. The van der Waals surface area contributed by atoms with E-state index in [4.69, 9.17) is 6.58 Å². The van der Waals surface area contributed by atoms with Crippen LogP contribution in [0.5, 0.6) is 0 Å². The molecule has 0 atom stereocenters. The summed E-state index contributed by atoms with van der Waals surface area (Å²) in [6.45, 7) is 11.2. The summed E-state index contributed by atoms with van der Waals surface area (Å²) in [4.78, 5) is 0. The van der Waals surface area contributed by atoms with Gasteiger partial charge in [-0.2, -0.15) is 0 Å². The lowest BCUT2D eigenvalue weighted by Crippen LogP contribution is -2.16. The average molecular weight is 686 g/mol. The number of benzene rings is 10. The molecule has 54 heavy (non-hydrogen) atoms. The van der Waals surface area contributed by atoms with E-state index >= 15 is 0 Å². The SMILES string of the molecule is C=C/C=c1/cc(-c2ccc3ccc4cccc5ccc2c3c45)cc2c1c(C)/c(=C\C(=C)c1ccc3ccc4cccc5ccc1c3c45)n2-c1ccccc1. The molecule has 0 aliphatic heterocycles. The van der Waals surface area contributed by atoms with Crippen LogP contribution in [0.25, 0.3) is 110 Å². The van der Waals surface area contributed by atoms with Crippen molar-refractivity contribution < 1.29 is 0 Å². The number of hydrogen-bond acceptors (Lipinski definition) is 0. The van der Waals surface area contributed by atoms with E-state index in [0.717, 1.165) is 32.9 Å². The summed E-state index contributed by atoms with van der Waals surface area (Å²) in [5.41, 5.74) is 8.02. The average Bonchev–Trinajstić information content (AvgIpc) is 3.49. The third-order valence-corrected chi connectivity index (χ3v) is 11.7. The summed E-state index contributed by atoms with van der Waals surface area (Å²) in [5, 5.41) is 18.9. The van der Waals surface area contributed by atoms with Crippen LogP contribution in [0.15, 0.2) is 171 Å². The zero-order chi connectivity index (χ0) is 36.1. The molecule has 0 aliphatic carbocycles. The van der Waals surface area contributed by atoms with Gasteiger partial charge < -0.3 is 4.57 Å². The normalized spacial score (nSPS) is 12.9. The Balaban J connectivity index is 1.20. The van der Waals surface area contributed by atoms with E-state index in [9.17, 15) is 0 Å². The molecule has 0 fully saturated rings. The summed E-state index contributed by atoms with van der Waals surface area (Å²) < 4.78 is 2.42. The van der Waals surface area contributed by atoms with Crippen LogP contribution in [-0.2, 0) is 0 Å². The van der Waals surface area contributed by atoms with Crippen molar-refractivity contribution in [3.63, 3.8) is 0 Å². The molecule has 0 amide bonds. The van der Waals surface area contributed by atoms with Crippen LogP contribution in [-0.4, -0.2) is 4.57 Å². The molecule has 1 heteroatoms. The second kappa shape index (κ2) is 11.5. The third-order valence-electron chi connectivity index (χ3n) is 11.7. The molecule has 0 aliphatic rings. The lowest BCUT2D eigenvalue weighted by Gasteiger charge is -2.15. The van der Waals surface area contributed by atoms with Crippen LogP contribution in [0.2, 0.25) is 0 Å². The highest BCUT2D eigenvalue weighted by atomic mass is 15.0. The zero-order valence-electron chi connectivity index (χ0n) is 30.0. The van der Waals surface area contributed by atoms with Gasteiger partial charge in [0.05, 0.1) is 10.9 Å². The fraction of sp³-hybridized carbons (Fsp3) is 0.0189. The Kier molecular flexibility index (Phi) is 6.54. The number of para-hydroxylation sites is 1. The van der Waals surface area contributed by atoms with Crippen LogP contribution < -0.4 is 10.6 Å². The Morgan fingerprint density at radius 2 is 1.09 bits per heavy atom. The Labute approximate surface area is 313 Å². The number of aromatic nitrogens is 1. The lowest BCUT2D eigenvalue weighted by atomic mass is 9.89. The highest BCUT2D eigenvalue weighted by Crippen LogP contribution is 2.41. The van der Waals surface area contributed by atoms with Gasteiger partial charge in [-0.1, -0.05) is 153 Å². The predicted octanol–water partition coefficient (Wildman–Crippen LogP) is 12.9. The van der Waals surface area contributed by atoms with Crippen LogP contribution in [0.3, 0.4) is 0 Å². The highest BCUT2D eigenvalue weighted by Gasteiger charge is 2.18. The van der Waals surface area contributed by atoms with Crippen molar-refractivity contribution in [2.45, 2.75) is 6.92 Å². The van der Waals surface area contributed by atoms with Crippen LogP contribution in [0.4, 0.5) is 0 Å². The van der Waals surface area contributed by atoms with E-state index in [2.05, 4.69) is 182 Å². The molecule has 0 N–H and O–H groups in total. The maximum atomic E-state index is 4.75. The number of nitrogens with zero attached hydrogens (tertiary/aromatic N) is 1. The second-order valence-electron chi connectivity index (χ2n) is 14.7. The number of rotatable bonds is 5. The van der Waals surface area contributed by atoms with Crippen LogP contribution in [0.1, 0.15) is 11.1 Å². The molecule has 11 aromatic rings. The van der Waals surface area contributed by atoms with Gasteiger partial charge in [-0.05, 0) is 135 Å². The Bertz CT molecular complexity index is 3440. The van der Waals surface area contributed by atoms with Crippen molar-refractivity contribution >= 4 is 93.3 Å². The molecule has 11 rings (SSSR count). The van der Waals surface area contributed by atoms with Gasteiger partial charge in [-0.15, -0.1) is 0 Å².